The molecule has 55 heavy (non-hydrogen) atoms. The van der Waals surface area contributed by atoms with Crippen LogP contribution in [0.4, 0.5) is 0 Å². The quantitative estimate of drug-likeness (QED) is 0.113. The molecule has 0 saturated heterocycles. The Morgan fingerprint density at radius 1 is 0.800 bits per heavy atom. The Hall–Kier alpha value is -4.15. The zero-order chi connectivity index (χ0) is 40.8. The Balaban J connectivity index is 0.000000199. The van der Waals surface area contributed by atoms with Gasteiger partial charge in [0.05, 0.1) is 13.7 Å². The van der Waals surface area contributed by atoms with E-state index in [0.717, 1.165) is 72.6 Å². The summed E-state index contributed by atoms with van der Waals surface area (Å²) in [6, 6.07) is 40.5. The first kappa shape index (κ1) is 34.1. The summed E-state index contributed by atoms with van der Waals surface area (Å²) < 4.78 is 41.8. The van der Waals surface area contributed by atoms with Crippen LogP contribution >= 0.6 is 0 Å². The second-order valence-electron chi connectivity index (χ2n) is 16.4. The molecule has 3 saturated carbocycles. The minimum absolute atomic E-state index is 0. The van der Waals surface area contributed by atoms with E-state index in [0.29, 0.717) is 17.5 Å². The number of fused-ring (bicyclic) bond motifs is 6. The summed E-state index contributed by atoms with van der Waals surface area (Å²) >= 11 is 0. The standard InChI is InChI=1S/C32H28NO.C18H24NSi.Ir/c1-2-5-23(6-3-1)25-13-14-27-28-7-4-8-29(32(28)34-31(27)20-25)30-19-22(15-16-33-30)18-26-17-21-9-11-24(26)12-10-21;1-14(2)11-16-12-17(15-9-7-6-8-10-15)19-13-18(16)20(3,4)5;/h1-7,13-16,19-21,24,26H,9-12,17-18H2;6-9,12-14H,11H2,1-5H3;/q2*-1;/i18D2;11D2;. The van der Waals surface area contributed by atoms with E-state index in [-0.39, 0.29) is 31.9 Å². The number of hydrogen-bond acceptors (Lipinski definition) is 3. The maximum Gasteiger partial charge on any atom is 0.121 e. The predicted molar refractivity (Wildman–Crippen MR) is 229 cm³/mol. The molecule has 0 aliphatic heterocycles. The number of benzene rings is 4. The SMILES string of the molecule is [2H]C([2H])(c1cc(-c2[c-]cccc2)ncc1[Si](C)(C)C)C(C)C.[2H]C([2H])(c1ccnc(-c2[c-]ccc3c2oc2cc(-c4ccccc4)ccc23)c1)C1CC2CCC1CC2.[Ir]. The van der Waals surface area contributed by atoms with Crippen LogP contribution in [0.1, 0.15) is 62.6 Å². The third kappa shape index (κ3) is 8.80. The maximum absolute atomic E-state index is 9.14. The van der Waals surface area contributed by atoms with Crippen LogP contribution < -0.4 is 5.19 Å². The zero-order valence-corrected chi connectivity index (χ0v) is 35.8. The van der Waals surface area contributed by atoms with Crippen molar-refractivity contribution in [2.75, 3.05) is 0 Å². The van der Waals surface area contributed by atoms with Crippen LogP contribution in [-0.4, -0.2) is 18.0 Å². The minimum Gasteiger partial charge on any atom is -0.501 e. The summed E-state index contributed by atoms with van der Waals surface area (Å²) in [4.78, 5) is 9.23. The average molecular weight is 921 g/mol. The Bertz CT molecular complexity index is 2540. The fourth-order valence-corrected chi connectivity index (χ4v) is 9.76. The van der Waals surface area contributed by atoms with Crippen LogP contribution in [-0.2, 0) is 32.9 Å². The van der Waals surface area contributed by atoms with E-state index in [4.69, 9.17) is 9.90 Å². The van der Waals surface area contributed by atoms with Crippen LogP contribution in [0.5, 0.6) is 0 Å². The molecule has 3 nitrogen and oxygen atoms in total. The third-order valence-electron chi connectivity index (χ3n) is 11.1. The molecule has 7 aromatic rings. The van der Waals surface area contributed by atoms with Crippen molar-refractivity contribution in [1.82, 2.24) is 9.97 Å². The van der Waals surface area contributed by atoms with Gasteiger partial charge in [0.25, 0.3) is 0 Å². The van der Waals surface area contributed by atoms with Crippen molar-refractivity contribution in [1.29, 1.82) is 0 Å². The largest absolute Gasteiger partial charge is 0.501 e. The molecule has 2 bridgehead atoms. The maximum atomic E-state index is 9.14. The smallest absolute Gasteiger partial charge is 0.121 e. The first-order chi connectivity index (χ1) is 27.7. The molecule has 10 rings (SSSR count). The topological polar surface area (TPSA) is 38.9 Å². The number of furan rings is 1. The fraction of sp³-hybridized carbons (Fsp3) is 0.320. The molecule has 3 aliphatic carbocycles. The van der Waals surface area contributed by atoms with Crippen LogP contribution in [0, 0.1) is 35.8 Å². The van der Waals surface area contributed by atoms with E-state index in [1.54, 1.807) is 6.20 Å². The van der Waals surface area contributed by atoms with E-state index in [1.807, 2.05) is 92.8 Å². The van der Waals surface area contributed by atoms with Gasteiger partial charge in [0.15, 0.2) is 0 Å². The van der Waals surface area contributed by atoms with Gasteiger partial charge in [-0.25, -0.2) is 0 Å². The second kappa shape index (κ2) is 16.9. The fourth-order valence-electron chi connectivity index (χ4n) is 8.35. The van der Waals surface area contributed by atoms with E-state index in [1.165, 1.54) is 25.7 Å². The summed E-state index contributed by atoms with van der Waals surface area (Å²) in [5.41, 5.74) is 8.56. The molecule has 4 aromatic carbocycles. The normalized spacial score (nSPS) is 19.5. The number of nitrogens with zero attached hydrogens (tertiary/aromatic N) is 2. The zero-order valence-electron chi connectivity index (χ0n) is 36.5. The Labute approximate surface area is 348 Å². The van der Waals surface area contributed by atoms with Gasteiger partial charge >= 0.3 is 0 Å². The molecule has 0 spiro atoms. The van der Waals surface area contributed by atoms with Crippen molar-refractivity contribution in [2.45, 2.75) is 78.3 Å². The number of pyridine rings is 2. The van der Waals surface area contributed by atoms with Crippen molar-refractivity contribution in [3.05, 3.63) is 139 Å². The molecule has 283 valence electrons. The average Bonchev–Trinajstić information content (AvgIpc) is 3.63. The summed E-state index contributed by atoms with van der Waals surface area (Å²) in [5, 5.41) is 3.19. The van der Waals surface area contributed by atoms with Gasteiger partial charge in [-0.05, 0) is 95.5 Å². The second-order valence-corrected chi connectivity index (χ2v) is 21.5. The summed E-state index contributed by atoms with van der Waals surface area (Å²) in [6.45, 7) is 10.6. The van der Waals surface area contributed by atoms with E-state index in [9.17, 15) is 0 Å². The Kier molecular flexibility index (Phi) is 10.5. The monoisotopic (exact) mass is 921 g/mol. The molecule has 3 fully saturated rings. The van der Waals surface area contributed by atoms with Crippen molar-refractivity contribution in [3.63, 3.8) is 0 Å². The molecule has 1 unspecified atom stereocenters. The van der Waals surface area contributed by atoms with Gasteiger partial charge < -0.3 is 14.4 Å². The summed E-state index contributed by atoms with van der Waals surface area (Å²) in [5.74, 6) is 1.18. The van der Waals surface area contributed by atoms with Gasteiger partial charge in [-0.1, -0.05) is 123 Å². The van der Waals surface area contributed by atoms with Gasteiger partial charge in [0.2, 0.25) is 0 Å². The Morgan fingerprint density at radius 3 is 2.31 bits per heavy atom. The van der Waals surface area contributed by atoms with E-state index >= 15 is 0 Å². The predicted octanol–water partition coefficient (Wildman–Crippen LogP) is 12.8. The molecule has 0 N–H and O–H groups in total. The molecule has 1 atom stereocenters. The first-order valence-electron chi connectivity index (χ1n) is 21.6. The minimum atomic E-state index is -1.67. The molecule has 3 aliphatic rings. The van der Waals surface area contributed by atoms with Crippen LogP contribution in [0.25, 0.3) is 55.6 Å². The van der Waals surface area contributed by atoms with Gasteiger partial charge in [-0.15, -0.1) is 54.1 Å². The molecule has 3 heterocycles. The first-order valence-corrected chi connectivity index (χ1v) is 23.1. The molecular formula is C50H52IrN2OSi-2. The molecular weight excluding hydrogens is 865 g/mol. The van der Waals surface area contributed by atoms with Crippen LogP contribution in [0.3, 0.4) is 0 Å². The molecule has 5 heteroatoms. The van der Waals surface area contributed by atoms with Gasteiger partial charge in [0.1, 0.15) is 5.58 Å². The molecule has 3 aromatic heterocycles. The molecule has 1 radical (unpaired) electrons. The van der Waals surface area contributed by atoms with Crippen molar-refractivity contribution >= 4 is 35.2 Å². The summed E-state index contributed by atoms with van der Waals surface area (Å²) in [7, 11) is -1.67. The third-order valence-corrected chi connectivity index (χ3v) is 13.1. The molecule has 0 amide bonds. The Morgan fingerprint density at radius 2 is 1.60 bits per heavy atom. The van der Waals surface area contributed by atoms with Crippen LogP contribution in [0.15, 0.2) is 120 Å². The van der Waals surface area contributed by atoms with E-state index in [2.05, 4.69) is 72.1 Å². The number of hydrogen-bond donors (Lipinski definition) is 0. The van der Waals surface area contributed by atoms with Crippen molar-refractivity contribution in [3.8, 4) is 33.6 Å². The van der Waals surface area contributed by atoms with Gasteiger partial charge in [0, 0.05) is 43.4 Å². The van der Waals surface area contributed by atoms with Crippen molar-refractivity contribution < 1.29 is 30.0 Å². The van der Waals surface area contributed by atoms with E-state index < -0.39 is 20.8 Å². The number of aromatic nitrogens is 2. The summed E-state index contributed by atoms with van der Waals surface area (Å²) in [6.07, 6.45) is 6.79. The van der Waals surface area contributed by atoms with Crippen molar-refractivity contribution in [2.24, 2.45) is 23.7 Å². The van der Waals surface area contributed by atoms with Gasteiger partial charge in [-0.3, -0.25) is 0 Å². The number of rotatable bonds is 8. The van der Waals surface area contributed by atoms with Gasteiger partial charge in [-0.2, -0.15) is 0 Å². The van der Waals surface area contributed by atoms with Crippen LogP contribution in [0.2, 0.25) is 19.6 Å².